The van der Waals surface area contributed by atoms with Crippen molar-refractivity contribution in [3.8, 4) is 5.69 Å². The van der Waals surface area contributed by atoms with Crippen molar-refractivity contribution in [3.63, 3.8) is 0 Å². The first-order chi connectivity index (χ1) is 14.7. The van der Waals surface area contributed by atoms with Crippen molar-refractivity contribution in [1.29, 1.82) is 0 Å². The maximum Gasteiger partial charge on any atom is 0.237 e. The second-order valence-corrected chi connectivity index (χ2v) is 9.35. The monoisotopic (exact) mass is 481 g/mol. The van der Waals surface area contributed by atoms with Crippen LogP contribution in [0.15, 0.2) is 47.6 Å². The molecule has 164 valence electrons. The van der Waals surface area contributed by atoms with Crippen LogP contribution in [0.3, 0.4) is 0 Å². The summed E-state index contributed by atoms with van der Waals surface area (Å²) in [5.41, 5.74) is 0.903. The molecule has 10 heteroatoms. The highest BCUT2D eigenvalue weighted by Gasteiger charge is 2.24. The lowest BCUT2D eigenvalue weighted by Gasteiger charge is -2.21. The van der Waals surface area contributed by atoms with Gasteiger partial charge in [0.25, 0.3) is 0 Å². The van der Waals surface area contributed by atoms with Crippen LogP contribution in [-0.2, 0) is 4.79 Å². The normalized spacial score (nSPS) is 13.3. The number of anilines is 1. The van der Waals surface area contributed by atoms with Crippen LogP contribution in [0.25, 0.3) is 5.69 Å². The lowest BCUT2D eigenvalue weighted by atomic mass is 10.2. The van der Waals surface area contributed by atoms with Crippen molar-refractivity contribution in [2.45, 2.75) is 30.3 Å². The highest BCUT2D eigenvalue weighted by atomic mass is 35.5. The van der Waals surface area contributed by atoms with Crippen molar-refractivity contribution in [3.05, 3.63) is 64.2 Å². The molecule has 31 heavy (non-hydrogen) atoms. The summed E-state index contributed by atoms with van der Waals surface area (Å²) >= 11 is 13.1. The summed E-state index contributed by atoms with van der Waals surface area (Å²) < 4.78 is 15.9. The SMILES string of the molecule is C[C@H](c1nnc(S[C@H](C)C(=O)Nc2ccc(Cl)cc2F)n1-c1ccc(Cl)cc1)N(C)C. The smallest absolute Gasteiger partial charge is 0.237 e. The molecule has 0 unspecified atom stereocenters. The zero-order valence-corrected chi connectivity index (χ0v) is 19.8. The molecule has 1 heterocycles. The van der Waals surface area contributed by atoms with Crippen LogP contribution in [0.5, 0.6) is 0 Å². The summed E-state index contributed by atoms with van der Waals surface area (Å²) in [5.74, 6) is -0.227. The average molecular weight is 482 g/mol. The number of amides is 1. The van der Waals surface area contributed by atoms with Gasteiger partial charge in [-0.3, -0.25) is 14.3 Å². The van der Waals surface area contributed by atoms with Crippen LogP contribution in [0, 0.1) is 5.82 Å². The van der Waals surface area contributed by atoms with E-state index in [9.17, 15) is 9.18 Å². The fraction of sp³-hybridized carbons (Fsp3) is 0.286. The molecule has 0 aliphatic rings. The third-order valence-electron chi connectivity index (χ3n) is 4.73. The third kappa shape index (κ3) is 5.57. The molecule has 2 aromatic carbocycles. The molecule has 0 spiro atoms. The summed E-state index contributed by atoms with van der Waals surface area (Å²) in [7, 11) is 3.91. The molecule has 0 bridgehead atoms. The Morgan fingerprint density at radius 3 is 2.35 bits per heavy atom. The first-order valence-corrected chi connectivity index (χ1v) is 11.1. The van der Waals surface area contributed by atoms with Gasteiger partial charge in [0.05, 0.1) is 17.0 Å². The van der Waals surface area contributed by atoms with Crippen LogP contribution in [-0.4, -0.2) is 44.9 Å². The molecule has 0 saturated heterocycles. The van der Waals surface area contributed by atoms with Crippen LogP contribution >= 0.6 is 35.0 Å². The maximum atomic E-state index is 14.0. The summed E-state index contributed by atoms with van der Waals surface area (Å²) in [4.78, 5) is 14.7. The van der Waals surface area contributed by atoms with Gasteiger partial charge in [-0.25, -0.2) is 4.39 Å². The van der Waals surface area contributed by atoms with Crippen molar-refractivity contribution in [2.24, 2.45) is 0 Å². The van der Waals surface area contributed by atoms with Gasteiger partial charge in [-0.05, 0) is 70.4 Å². The van der Waals surface area contributed by atoms with Gasteiger partial charge in [0.15, 0.2) is 11.0 Å². The first-order valence-electron chi connectivity index (χ1n) is 9.47. The van der Waals surface area contributed by atoms with Crippen molar-refractivity contribution >= 4 is 46.6 Å². The molecule has 0 aliphatic heterocycles. The number of nitrogens with zero attached hydrogens (tertiary/aromatic N) is 4. The van der Waals surface area contributed by atoms with Crippen molar-refractivity contribution in [2.75, 3.05) is 19.4 Å². The summed E-state index contributed by atoms with van der Waals surface area (Å²) in [5, 5.41) is 12.1. The van der Waals surface area contributed by atoms with Gasteiger partial charge in [0.2, 0.25) is 5.91 Å². The molecular formula is C21H22Cl2FN5OS. The molecule has 0 fully saturated rings. The number of carbonyl (C=O) groups excluding carboxylic acids is 1. The van der Waals surface area contributed by atoms with E-state index in [1.165, 1.54) is 23.9 Å². The Morgan fingerprint density at radius 2 is 1.74 bits per heavy atom. The van der Waals surface area contributed by atoms with Crippen LogP contribution in [0.2, 0.25) is 10.0 Å². The van der Waals surface area contributed by atoms with Crippen LogP contribution in [0.4, 0.5) is 10.1 Å². The molecular weight excluding hydrogens is 460 g/mol. The molecule has 3 rings (SSSR count). The van der Waals surface area contributed by atoms with Gasteiger partial charge >= 0.3 is 0 Å². The van der Waals surface area contributed by atoms with Crippen molar-refractivity contribution in [1.82, 2.24) is 19.7 Å². The zero-order chi connectivity index (χ0) is 22.7. The second kappa shape index (κ2) is 9.99. The number of nitrogens with one attached hydrogen (secondary N) is 1. The average Bonchev–Trinajstić information content (AvgIpc) is 3.13. The van der Waals surface area contributed by atoms with E-state index in [2.05, 4.69) is 15.5 Å². The molecule has 1 N–H and O–H groups in total. The topological polar surface area (TPSA) is 63.1 Å². The fourth-order valence-electron chi connectivity index (χ4n) is 2.73. The molecule has 0 saturated carbocycles. The fourth-order valence-corrected chi connectivity index (χ4v) is 3.89. The van der Waals surface area contributed by atoms with Crippen molar-refractivity contribution < 1.29 is 9.18 Å². The minimum absolute atomic E-state index is 0.0233. The van der Waals surface area contributed by atoms with E-state index >= 15 is 0 Å². The molecule has 0 radical (unpaired) electrons. The Labute approximate surface area is 194 Å². The van der Waals surface area contributed by atoms with Crippen LogP contribution < -0.4 is 5.32 Å². The highest BCUT2D eigenvalue weighted by molar-refractivity contribution is 8.00. The number of halogens is 3. The molecule has 3 aromatic rings. The summed E-state index contributed by atoms with van der Waals surface area (Å²) in [6, 6.07) is 11.4. The van der Waals surface area contributed by atoms with Crippen LogP contribution in [0.1, 0.15) is 25.7 Å². The second-order valence-electron chi connectivity index (χ2n) is 7.17. The predicted molar refractivity (Wildman–Crippen MR) is 124 cm³/mol. The standard InChI is InChI=1S/C21H22Cl2FN5OS/c1-12(28(3)4)19-26-27-21(29(19)16-8-5-14(22)6-9-16)31-13(2)20(30)25-18-10-7-15(23)11-17(18)24/h5-13H,1-4H3,(H,25,30)/t12-,13-/m1/s1. The molecule has 1 amide bonds. The Morgan fingerprint density at radius 1 is 1.10 bits per heavy atom. The Kier molecular flexibility index (Phi) is 7.59. The zero-order valence-electron chi connectivity index (χ0n) is 17.4. The Balaban J connectivity index is 1.87. The van der Waals surface area contributed by atoms with E-state index in [1.807, 2.05) is 42.6 Å². The number of carbonyl (C=O) groups is 1. The van der Waals surface area contributed by atoms with Gasteiger partial charge in [0.1, 0.15) is 5.82 Å². The number of hydrogen-bond donors (Lipinski definition) is 1. The summed E-state index contributed by atoms with van der Waals surface area (Å²) in [6.45, 7) is 3.74. The number of benzene rings is 2. The highest BCUT2D eigenvalue weighted by Crippen LogP contribution is 2.30. The minimum Gasteiger partial charge on any atom is -0.323 e. The van der Waals surface area contributed by atoms with Gasteiger partial charge in [-0.2, -0.15) is 0 Å². The van der Waals surface area contributed by atoms with E-state index in [4.69, 9.17) is 23.2 Å². The number of rotatable bonds is 7. The Bertz CT molecular complexity index is 1070. The molecule has 2 atom stereocenters. The number of aromatic nitrogens is 3. The third-order valence-corrected chi connectivity index (χ3v) is 6.26. The molecule has 1 aromatic heterocycles. The Hall–Kier alpha value is -2.13. The summed E-state index contributed by atoms with van der Waals surface area (Å²) in [6.07, 6.45) is 0. The first kappa shape index (κ1) is 23.5. The van der Waals surface area contributed by atoms with Gasteiger partial charge in [0, 0.05) is 15.7 Å². The lowest BCUT2D eigenvalue weighted by Crippen LogP contribution is -2.24. The predicted octanol–water partition coefficient (Wildman–Crippen LogP) is 5.46. The van der Waals surface area contributed by atoms with E-state index in [1.54, 1.807) is 19.1 Å². The number of hydrogen-bond acceptors (Lipinski definition) is 5. The lowest BCUT2D eigenvalue weighted by molar-refractivity contribution is -0.115. The number of thioether (sulfide) groups is 1. The van der Waals surface area contributed by atoms with E-state index < -0.39 is 11.1 Å². The van der Waals surface area contributed by atoms with Gasteiger partial charge in [-0.15, -0.1) is 10.2 Å². The van der Waals surface area contributed by atoms with E-state index in [0.29, 0.717) is 10.2 Å². The maximum absolute atomic E-state index is 14.0. The molecule has 0 aliphatic carbocycles. The van der Waals surface area contributed by atoms with E-state index in [-0.39, 0.29) is 22.7 Å². The minimum atomic E-state index is -0.593. The van der Waals surface area contributed by atoms with Gasteiger partial charge < -0.3 is 5.32 Å². The molecule has 6 nitrogen and oxygen atoms in total. The quantitative estimate of drug-likeness (QED) is 0.454. The van der Waals surface area contributed by atoms with Gasteiger partial charge in [-0.1, -0.05) is 35.0 Å². The van der Waals surface area contributed by atoms with E-state index in [0.717, 1.165) is 17.6 Å². The largest absolute Gasteiger partial charge is 0.323 e.